The molecule has 0 unspecified atom stereocenters. The number of hydrogen-bond donors (Lipinski definition) is 0. The average molecular weight is 533 g/mol. The zero-order valence-corrected chi connectivity index (χ0v) is 29.4. The number of benzene rings is 2. The third-order valence-electron chi connectivity index (χ3n) is 8.20. The van der Waals surface area contributed by atoms with Gasteiger partial charge in [-0.05, 0) is 96.3 Å². The van der Waals surface area contributed by atoms with E-state index in [4.69, 9.17) is 0 Å². The molecule has 0 aromatic heterocycles. The molecular formula is C39H64. The summed E-state index contributed by atoms with van der Waals surface area (Å²) in [5, 5.41) is 0. The summed E-state index contributed by atoms with van der Waals surface area (Å²) in [6, 6.07) is 9.90. The van der Waals surface area contributed by atoms with E-state index in [1.54, 1.807) is 16.7 Å². The average Bonchev–Trinajstić information content (AvgIpc) is 2.68. The maximum Gasteiger partial charge on any atom is -0.0126 e. The summed E-state index contributed by atoms with van der Waals surface area (Å²) in [7, 11) is 0. The van der Waals surface area contributed by atoms with Crippen molar-refractivity contribution in [1.82, 2.24) is 0 Å². The molecule has 0 radical (unpaired) electrons. The fourth-order valence-electron chi connectivity index (χ4n) is 6.30. The van der Waals surface area contributed by atoms with E-state index >= 15 is 0 Å². The van der Waals surface area contributed by atoms with Crippen molar-refractivity contribution in [2.24, 2.45) is 0 Å². The van der Waals surface area contributed by atoms with Crippen LogP contribution in [0.4, 0.5) is 0 Å². The highest BCUT2D eigenvalue weighted by atomic mass is 14.4. The lowest BCUT2D eigenvalue weighted by Gasteiger charge is -2.40. The van der Waals surface area contributed by atoms with E-state index in [1.165, 1.54) is 34.2 Å². The number of rotatable bonds is 4. The minimum atomic E-state index is 0.0826. The topological polar surface area (TPSA) is 0 Å². The summed E-state index contributed by atoms with van der Waals surface area (Å²) < 4.78 is 0. The van der Waals surface area contributed by atoms with Crippen LogP contribution < -0.4 is 0 Å². The highest BCUT2D eigenvalue weighted by Gasteiger charge is 2.36. The molecular weight excluding hydrogens is 468 g/mol. The van der Waals surface area contributed by atoms with Crippen LogP contribution in [0.1, 0.15) is 176 Å². The molecule has 2 aromatic carbocycles. The van der Waals surface area contributed by atoms with E-state index in [2.05, 4.69) is 149 Å². The highest BCUT2D eigenvalue weighted by Crippen LogP contribution is 2.46. The van der Waals surface area contributed by atoms with Crippen molar-refractivity contribution in [3.05, 3.63) is 68.8 Å². The summed E-state index contributed by atoms with van der Waals surface area (Å²) in [4.78, 5) is 0. The smallest absolute Gasteiger partial charge is 0.0126 e. The van der Waals surface area contributed by atoms with E-state index in [-0.39, 0.29) is 32.5 Å². The maximum absolute atomic E-state index is 2.59. The van der Waals surface area contributed by atoms with Crippen molar-refractivity contribution in [2.45, 2.75) is 176 Å². The maximum atomic E-state index is 2.59. The molecule has 0 saturated carbocycles. The molecule has 0 N–H and O–H groups in total. The van der Waals surface area contributed by atoms with Gasteiger partial charge in [0.15, 0.2) is 0 Å². The minimum Gasteiger partial charge on any atom is -0.0585 e. The first-order valence-electron chi connectivity index (χ1n) is 15.5. The molecule has 0 saturated heterocycles. The van der Waals surface area contributed by atoms with Gasteiger partial charge in [-0.2, -0.15) is 0 Å². The Hall–Kier alpha value is -1.56. The Morgan fingerprint density at radius 3 is 1.15 bits per heavy atom. The molecule has 0 bridgehead atoms. The van der Waals surface area contributed by atoms with Gasteiger partial charge in [-0.3, -0.25) is 0 Å². The van der Waals surface area contributed by atoms with Crippen molar-refractivity contribution in [2.75, 3.05) is 0 Å². The monoisotopic (exact) mass is 533 g/mol. The van der Waals surface area contributed by atoms with Crippen molar-refractivity contribution < 1.29 is 0 Å². The minimum absolute atomic E-state index is 0.0826. The number of hydrogen-bond acceptors (Lipinski definition) is 0. The third kappa shape index (κ3) is 8.01. The molecule has 0 spiro atoms. The van der Waals surface area contributed by atoms with E-state index in [9.17, 15) is 0 Å². The summed E-state index contributed by atoms with van der Waals surface area (Å²) >= 11 is 0. The van der Waals surface area contributed by atoms with E-state index in [0.717, 1.165) is 12.8 Å². The van der Waals surface area contributed by atoms with Crippen LogP contribution in [0, 0.1) is 0 Å². The molecule has 0 atom stereocenters. The summed E-state index contributed by atoms with van der Waals surface area (Å²) in [6.07, 6.45) is 3.41. The summed E-state index contributed by atoms with van der Waals surface area (Å²) in [5.41, 5.74) is 13.0. The second-order valence-corrected chi connectivity index (χ2v) is 18.4. The highest BCUT2D eigenvalue weighted by molar-refractivity contribution is 5.56. The van der Waals surface area contributed by atoms with Crippen molar-refractivity contribution >= 4 is 0 Å². The number of aryl methyl sites for hydroxylation is 1. The predicted octanol–water partition coefficient (Wildman–Crippen LogP) is 11.6. The third-order valence-corrected chi connectivity index (χ3v) is 8.20. The first-order chi connectivity index (χ1) is 17.2. The van der Waals surface area contributed by atoms with Crippen LogP contribution >= 0.6 is 0 Å². The largest absolute Gasteiger partial charge is 0.0585 e. The molecule has 39 heavy (non-hydrogen) atoms. The Morgan fingerprint density at radius 1 is 0.410 bits per heavy atom. The van der Waals surface area contributed by atoms with Gasteiger partial charge in [0.25, 0.3) is 0 Å². The quantitative estimate of drug-likeness (QED) is 0.367. The van der Waals surface area contributed by atoms with Gasteiger partial charge < -0.3 is 0 Å². The first-order valence-corrected chi connectivity index (χ1v) is 15.5. The molecule has 0 nitrogen and oxygen atoms in total. The molecule has 0 amide bonds. The van der Waals surface area contributed by atoms with Crippen LogP contribution in [0.5, 0.6) is 0 Å². The lowest BCUT2D eigenvalue weighted by molar-refractivity contribution is 0.489. The Balaban J connectivity index is 2.77. The summed E-state index contributed by atoms with van der Waals surface area (Å²) in [6.45, 7) is 43.0. The Kier molecular flexibility index (Phi) is 9.22. The van der Waals surface area contributed by atoms with Crippen LogP contribution in [-0.4, -0.2) is 0 Å². The predicted molar refractivity (Wildman–Crippen MR) is 177 cm³/mol. The lowest BCUT2D eigenvalue weighted by atomic mass is 9.64. The Bertz CT molecular complexity index is 1090. The van der Waals surface area contributed by atoms with Crippen molar-refractivity contribution in [3.8, 4) is 0 Å². The molecule has 0 heterocycles. The second kappa shape index (κ2) is 10.7. The second-order valence-electron chi connectivity index (χ2n) is 18.4. The molecule has 0 fully saturated rings. The SMILES string of the molecule is CC(C)(C)c1ccc(CCCc2c(C(C)(C)C)c(C(C)(C)C)cc(C(C)(C)C)c2C(C)(C)C)c(C(C)(C)C)c1. The lowest BCUT2D eigenvalue weighted by Crippen LogP contribution is -2.31. The van der Waals surface area contributed by atoms with Gasteiger partial charge >= 0.3 is 0 Å². The van der Waals surface area contributed by atoms with Crippen LogP contribution in [0.3, 0.4) is 0 Å². The molecule has 0 heteroatoms. The molecule has 220 valence electrons. The molecule has 2 rings (SSSR count). The Morgan fingerprint density at radius 2 is 0.821 bits per heavy atom. The Labute approximate surface area is 244 Å². The van der Waals surface area contributed by atoms with Crippen LogP contribution in [0.2, 0.25) is 0 Å². The van der Waals surface area contributed by atoms with E-state index in [1.807, 2.05) is 0 Å². The van der Waals surface area contributed by atoms with Crippen molar-refractivity contribution in [1.29, 1.82) is 0 Å². The zero-order chi connectivity index (χ0) is 30.6. The molecule has 0 aliphatic rings. The van der Waals surface area contributed by atoms with Gasteiger partial charge in [-0.15, -0.1) is 0 Å². The fraction of sp³-hybridized carbons (Fsp3) is 0.692. The molecule has 0 aliphatic heterocycles. The molecule has 2 aromatic rings. The molecule has 0 aliphatic carbocycles. The summed E-state index contributed by atoms with van der Waals surface area (Å²) in [5.74, 6) is 0. The standard InChI is InChI=1S/C39H64/c1-34(2,3)27-23-22-26(29(24-27)35(4,5)6)20-19-21-28-32(38(13,14)15)30(36(7,8)9)25-31(37(10,11)12)33(28)39(16,17)18/h22-25H,19-21H2,1-18H3. The first kappa shape index (κ1) is 33.6. The van der Waals surface area contributed by atoms with Gasteiger partial charge in [-0.25, -0.2) is 0 Å². The fourth-order valence-corrected chi connectivity index (χ4v) is 6.30. The van der Waals surface area contributed by atoms with Crippen LogP contribution in [0.15, 0.2) is 24.3 Å². The van der Waals surface area contributed by atoms with E-state index in [0.29, 0.717) is 0 Å². The van der Waals surface area contributed by atoms with Crippen LogP contribution in [0.25, 0.3) is 0 Å². The van der Waals surface area contributed by atoms with Gasteiger partial charge in [0.1, 0.15) is 0 Å². The van der Waals surface area contributed by atoms with E-state index < -0.39 is 0 Å². The normalized spacial score (nSPS) is 14.2. The zero-order valence-electron chi connectivity index (χ0n) is 29.4. The van der Waals surface area contributed by atoms with Gasteiger partial charge in [0, 0.05) is 0 Å². The van der Waals surface area contributed by atoms with Crippen LogP contribution in [-0.2, 0) is 45.3 Å². The van der Waals surface area contributed by atoms with Gasteiger partial charge in [0.05, 0.1) is 0 Å². The van der Waals surface area contributed by atoms with Gasteiger partial charge in [-0.1, -0.05) is 149 Å². The van der Waals surface area contributed by atoms with Gasteiger partial charge in [0.2, 0.25) is 0 Å². The van der Waals surface area contributed by atoms with Crippen molar-refractivity contribution in [3.63, 3.8) is 0 Å².